The van der Waals surface area contributed by atoms with Gasteiger partial charge in [0.25, 0.3) is 0 Å². The van der Waals surface area contributed by atoms with E-state index in [1.807, 2.05) is 26.0 Å². The van der Waals surface area contributed by atoms with Crippen LogP contribution in [0.25, 0.3) is 0 Å². The molecule has 0 aliphatic carbocycles. The maximum atomic E-state index is 12.2. The summed E-state index contributed by atoms with van der Waals surface area (Å²) in [5.74, 6) is -0.0779. The third-order valence-electron chi connectivity index (χ3n) is 2.83. The molecule has 6 nitrogen and oxygen atoms in total. The van der Waals surface area contributed by atoms with E-state index in [0.29, 0.717) is 10.8 Å². The largest absolute Gasteiger partial charge is 0.399 e. The van der Waals surface area contributed by atoms with Gasteiger partial charge in [0, 0.05) is 18.4 Å². The van der Waals surface area contributed by atoms with Gasteiger partial charge in [-0.15, -0.1) is 0 Å². The monoisotopic (exact) mass is 291 g/mol. The topological polar surface area (TPSA) is 85.8 Å². The van der Waals surface area contributed by atoms with Crippen LogP contribution in [0.4, 0.5) is 11.4 Å². The minimum atomic E-state index is -0.269. The molecule has 2 rings (SSSR count). The number of anilines is 2. The molecular weight excluding hydrogens is 274 g/mol. The fraction of sp³-hybridized carbons (Fsp3) is 0.308. The molecule has 1 amide bonds. The Bertz CT molecular complexity index is 625. The summed E-state index contributed by atoms with van der Waals surface area (Å²) in [6, 6.07) is 5.40. The predicted octanol–water partition coefficient (Wildman–Crippen LogP) is 1.83. The molecule has 0 spiro atoms. The Hall–Kier alpha value is -2.02. The normalized spacial score (nSPS) is 12.2. The van der Waals surface area contributed by atoms with E-state index in [2.05, 4.69) is 15.4 Å². The van der Waals surface area contributed by atoms with Crippen molar-refractivity contribution in [2.24, 2.45) is 7.05 Å². The Labute approximate surface area is 121 Å². The van der Waals surface area contributed by atoms with Gasteiger partial charge in [-0.3, -0.25) is 4.79 Å². The van der Waals surface area contributed by atoms with Crippen LogP contribution in [-0.4, -0.2) is 25.9 Å². The third-order valence-corrected chi connectivity index (χ3v) is 3.98. The van der Waals surface area contributed by atoms with Crippen molar-refractivity contribution < 1.29 is 4.79 Å². The summed E-state index contributed by atoms with van der Waals surface area (Å²) in [5, 5.41) is 7.31. The molecule has 0 aliphatic rings. The van der Waals surface area contributed by atoms with Gasteiger partial charge in [-0.1, -0.05) is 11.8 Å². The van der Waals surface area contributed by atoms with Gasteiger partial charge in [0.15, 0.2) is 5.16 Å². The molecular formula is C13H17N5OS. The summed E-state index contributed by atoms with van der Waals surface area (Å²) in [6.07, 6.45) is 1.47. The second kappa shape index (κ2) is 5.96. The first-order valence-corrected chi connectivity index (χ1v) is 7.03. The lowest BCUT2D eigenvalue weighted by molar-refractivity contribution is -0.115. The summed E-state index contributed by atoms with van der Waals surface area (Å²) in [4.78, 5) is 16.3. The van der Waals surface area contributed by atoms with Crippen LogP contribution in [0.2, 0.25) is 0 Å². The number of rotatable bonds is 4. The number of aromatic nitrogens is 3. The fourth-order valence-corrected chi connectivity index (χ4v) is 2.46. The number of amides is 1. The Kier molecular flexibility index (Phi) is 4.29. The SMILES string of the molecule is Cc1cc(N)ccc1NC(=O)C(C)Sc1ncnn1C. The Morgan fingerprint density at radius 3 is 2.85 bits per heavy atom. The quantitative estimate of drug-likeness (QED) is 0.663. The van der Waals surface area contributed by atoms with Gasteiger partial charge in [-0.05, 0) is 37.6 Å². The Morgan fingerprint density at radius 2 is 2.25 bits per heavy atom. The van der Waals surface area contributed by atoms with Crippen LogP contribution in [0, 0.1) is 6.92 Å². The van der Waals surface area contributed by atoms with E-state index in [4.69, 9.17) is 5.73 Å². The zero-order chi connectivity index (χ0) is 14.7. The Morgan fingerprint density at radius 1 is 1.50 bits per heavy atom. The van der Waals surface area contributed by atoms with Crippen LogP contribution in [0.3, 0.4) is 0 Å². The van der Waals surface area contributed by atoms with E-state index in [0.717, 1.165) is 11.3 Å². The maximum absolute atomic E-state index is 12.2. The number of nitrogen functional groups attached to an aromatic ring is 1. The van der Waals surface area contributed by atoms with Crippen LogP contribution in [0.5, 0.6) is 0 Å². The molecule has 3 N–H and O–H groups in total. The van der Waals surface area contributed by atoms with Gasteiger partial charge in [0.2, 0.25) is 5.91 Å². The van der Waals surface area contributed by atoms with Crippen molar-refractivity contribution >= 4 is 29.0 Å². The van der Waals surface area contributed by atoms with E-state index in [1.54, 1.807) is 17.8 Å². The zero-order valence-corrected chi connectivity index (χ0v) is 12.4. The molecule has 1 aromatic heterocycles. The van der Waals surface area contributed by atoms with Crippen molar-refractivity contribution in [2.45, 2.75) is 24.3 Å². The highest BCUT2D eigenvalue weighted by Crippen LogP contribution is 2.23. The van der Waals surface area contributed by atoms with Gasteiger partial charge in [-0.25, -0.2) is 9.67 Å². The average Bonchev–Trinajstić information content (AvgIpc) is 2.78. The van der Waals surface area contributed by atoms with E-state index >= 15 is 0 Å². The van der Waals surface area contributed by atoms with Gasteiger partial charge in [-0.2, -0.15) is 5.10 Å². The summed E-state index contributed by atoms with van der Waals surface area (Å²) in [6.45, 7) is 3.74. The number of aryl methyl sites for hydroxylation is 2. The smallest absolute Gasteiger partial charge is 0.237 e. The molecule has 7 heteroatoms. The number of benzene rings is 1. The van der Waals surface area contributed by atoms with Crippen LogP contribution in [-0.2, 0) is 11.8 Å². The van der Waals surface area contributed by atoms with E-state index < -0.39 is 0 Å². The summed E-state index contributed by atoms with van der Waals surface area (Å²) in [5.41, 5.74) is 8.08. The van der Waals surface area contributed by atoms with Crippen molar-refractivity contribution in [3.63, 3.8) is 0 Å². The summed E-state index contributed by atoms with van der Waals surface area (Å²) < 4.78 is 1.64. The molecule has 0 aliphatic heterocycles. The highest BCUT2D eigenvalue weighted by Gasteiger charge is 2.17. The minimum Gasteiger partial charge on any atom is -0.399 e. The van der Waals surface area contributed by atoms with Gasteiger partial charge in [0.1, 0.15) is 6.33 Å². The van der Waals surface area contributed by atoms with Gasteiger partial charge in [0.05, 0.1) is 5.25 Å². The molecule has 2 aromatic rings. The standard InChI is InChI=1S/C13H17N5OS/c1-8-6-10(14)4-5-11(8)17-12(19)9(2)20-13-15-7-16-18(13)3/h4-7,9H,14H2,1-3H3,(H,17,19). The summed E-state index contributed by atoms with van der Waals surface area (Å²) in [7, 11) is 1.80. The van der Waals surface area contributed by atoms with E-state index in [-0.39, 0.29) is 11.2 Å². The lowest BCUT2D eigenvalue weighted by Gasteiger charge is -2.13. The van der Waals surface area contributed by atoms with Crippen LogP contribution < -0.4 is 11.1 Å². The molecule has 1 heterocycles. The Balaban J connectivity index is 2.02. The fourth-order valence-electron chi connectivity index (χ4n) is 1.67. The first kappa shape index (κ1) is 14.4. The predicted molar refractivity (Wildman–Crippen MR) is 80.5 cm³/mol. The van der Waals surface area contributed by atoms with Gasteiger partial charge < -0.3 is 11.1 Å². The highest BCUT2D eigenvalue weighted by molar-refractivity contribution is 8.00. The molecule has 106 valence electrons. The number of nitrogens with one attached hydrogen (secondary N) is 1. The van der Waals surface area contributed by atoms with Crippen LogP contribution in [0.1, 0.15) is 12.5 Å². The van der Waals surface area contributed by atoms with E-state index in [1.165, 1.54) is 18.1 Å². The van der Waals surface area contributed by atoms with Crippen molar-refractivity contribution in [1.29, 1.82) is 0 Å². The maximum Gasteiger partial charge on any atom is 0.237 e. The molecule has 0 saturated heterocycles. The van der Waals surface area contributed by atoms with Crippen molar-refractivity contribution in [1.82, 2.24) is 14.8 Å². The molecule has 0 saturated carbocycles. The number of nitrogens with zero attached hydrogens (tertiary/aromatic N) is 3. The minimum absolute atomic E-state index is 0.0779. The number of carbonyl (C=O) groups excluding carboxylic acids is 1. The molecule has 1 unspecified atom stereocenters. The lowest BCUT2D eigenvalue weighted by atomic mass is 10.2. The molecule has 0 bridgehead atoms. The van der Waals surface area contributed by atoms with Crippen molar-refractivity contribution in [3.8, 4) is 0 Å². The molecule has 0 fully saturated rings. The first-order valence-electron chi connectivity index (χ1n) is 6.15. The number of nitrogens with two attached hydrogens (primary N) is 1. The highest BCUT2D eigenvalue weighted by atomic mass is 32.2. The first-order chi connectivity index (χ1) is 9.47. The number of hydrogen-bond donors (Lipinski definition) is 2. The zero-order valence-electron chi connectivity index (χ0n) is 11.6. The molecule has 1 atom stereocenters. The second-order valence-electron chi connectivity index (χ2n) is 4.49. The van der Waals surface area contributed by atoms with Crippen molar-refractivity contribution in [3.05, 3.63) is 30.1 Å². The third kappa shape index (κ3) is 3.30. The van der Waals surface area contributed by atoms with Gasteiger partial charge >= 0.3 is 0 Å². The molecule has 20 heavy (non-hydrogen) atoms. The van der Waals surface area contributed by atoms with Crippen LogP contribution in [0.15, 0.2) is 29.7 Å². The van der Waals surface area contributed by atoms with Crippen LogP contribution >= 0.6 is 11.8 Å². The second-order valence-corrected chi connectivity index (χ2v) is 5.80. The summed E-state index contributed by atoms with van der Waals surface area (Å²) >= 11 is 1.37. The lowest BCUT2D eigenvalue weighted by Crippen LogP contribution is -2.23. The molecule has 0 radical (unpaired) electrons. The molecule has 1 aromatic carbocycles. The van der Waals surface area contributed by atoms with E-state index in [9.17, 15) is 4.79 Å². The number of carbonyl (C=O) groups is 1. The number of hydrogen-bond acceptors (Lipinski definition) is 5. The number of thioether (sulfide) groups is 1. The average molecular weight is 291 g/mol. The van der Waals surface area contributed by atoms with Crippen molar-refractivity contribution in [2.75, 3.05) is 11.1 Å².